The highest BCUT2D eigenvalue weighted by atomic mass is 16.5. The Kier molecular flexibility index (Phi) is 1.08. The molecule has 2 heteroatoms. The Morgan fingerprint density at radius 1 is 1.70 bits per heavy atom. The Bertz CT molecular complexity index is 188. The minimum Gasteiger partial charge on any atom is -0.473 e. The molecule has 1 aliphatic heterocycles. The number of rotatable bonds is 0. The topological polar surface area (TPSA) is 21.6 Å². The molecule has 1 fully saturated rings. The molecule has 1 saturated carbocycles. The third-order valence-corrected chi connectivity index (χ3v) is 2.57. The lowest BCUT2D eigenvalue weighted by molar-refractivity contribution is 0.0933. The van der Waals surface area contributed by atoms with Gasteiger partial charge in [0.2, 0.25) is 0 Å². The SMILES string of the molecule is CC1=NC2CCCC2(C)O1. The van der Waals surface area contributed by atoms with Gasteiger partial charge in [0.25, 0.3) is 0 Å². The second kappa shape index (κ2) is 1.74. The minimum atomic E-state index is 0.0735. The molecule has 2 aliphatic rings. The summed E-state index contributed by atoms with van der Waals surface area (Å²) in [5.41, 5.74) is 0.0735. The lowest BCUT2D eigenvalue weighted by Gasteiger charge is -2.21. The molecule has 1 aliphatic carbocycles. The van der Waals surface area contributed by atoms with Crippen molar-refractivity contribution in [2.75, 3.05) is 0 Å². The van der Waals surface area contributed by atoms with E-state index in [1.165, 1.54) is 19.3 Å². The average Bonchev–Trinajstić information content (AvgIpc) is 2.20. The van der Waals surface area contributed by atoms with Crippen LogP contribution in [-0.4, -0.2) is 17.5 Å². The van der Waals surface area contributed by atoms with Crippen molar-refractivity contribution in [3.8, 4) is 0 Å². The van der Waals surface area contributed by atoms with Crippen LogP contribution in [0.2, 0.25) is 0 Å². The zero-order valence-electron chi connectivity index (χ0n) is 6.55. The third-order valence-electron chi connectivity index (χ3n) is 2.57. The van der Waals surface area contributed by atoms with Gasteiger partial charge in [-0.3, -0.25) is 0 Å². The highest BCUT2D eigenvalue weighted by Gasteiger charge is 2.44. The smallest absolute Gasteiger partial charge is 0.181 e. The zero-order valence-corrected chi connectivity index (χ0v) is 6.55. The fourth-order valence-electron chi connectivity index (χ4n) is 2.02. The van der Waals surface area contributed by atoms with Crippen LogP contribution in [0.3, 0.4) is 0 Å². The predicted molar refractivity (Wildman–Crippen MR) is 40.2 cm³/mol. The van der Waals surface area contributed by atoms with Crippen molar-refractivity contribution < 1.29 is 4.74 Å². The molecule has 0 aromatic rings. The molecule has 0 spiro atoms. The van der Waals surface area contributed by atoms with E-state index in [1.807, 2.05) is 6.92 Å². The first-order valence-electron chi connectivity index (χ1n) is 3.94. The summed E-state index contributed by atoms with van der Waals surface area (Å²) < 4.78 is 5.62. The van der Waals surface area contributed by atoms with Gasteiger partial charge in [-0.15, -0.1) is 0 Å². The van der Waals surface area contributed by atoms with E-state index in [9.17, 15) is 0 Å². The zero-order chi connectivity index (χ0) is 7.19. The van der Waals surface area contributed by atoms with Crippen LogP contribution in [0.5, 0.6) is 0 Å². The first-order valence-corrected chi connectivity index (χ1v) is 3.94. The molecule has 0 amide bonds. The van der Waals surface area contributed by atoms with Gasteiger partial charge in [0.15, 0.2) is 5.90 Å². The Morgan fingerprint density at radius 3 is 3.20 bits per heavy atom. The monoisotopic (exact) mass is 139 g/mol. The van der Waals surface area contributed by atoms with E-state index in [4.69, 9.17) is 4.74 Å². The van der Waals surface area contributed by atoms with Crippen LogP contribution in [0.15, 0.2) is 4.99 Å². The van der Waals surface area contributed by atoms with Crippen molar-refractivity contribution in [2.24, 2.45) is 4.99 Å². The number of aliphatic imine (C=N–C) groups is 1. The Hall–Kier alpha value is -0.530. The van der Waals surface area contributed by atoms with Crippen LogP contribution in [0.4, 0.5) is 0 Å². The fraction of sp³-hybridized carbons (Fsp3) is 0.875. The van der Waals surface area contributed by atoms with Crippen molar-refractivity contribution in [1.29, 1.82) is 0 Å². The van der Waals surface area contributed by atoms with Gasteiger partial charge in [-0.05, 0) is 26.2 Å². The molecule has 1 heterocycles. The third kappa shape index (κ3) is 0.678. The van der Waals surface area contributed by atoms with Crippen LogP contribution in [0.1, 0.15) is 33.1 Å². The largest absolute Gasteiger partial charge is 0.473 e. The second-order valence-electron chi connectivity index (χ2n) is 3.47. The maximum Gasteiger partial charge on any atom is 0.181 e. The minimum absolute atomic E-state index is 0.0735. The van der Waals surface area contributed by atoms with E-state index >= 15 is 0 Å². The summed E-state index contributed by atoms with van der Waals surface area (Å²) in [6.45, 7) is 4.12. The van der Waals surface area contributed by atoms with Gasteiger partial charge in [0.05, 0.1) is 6.04 Å². The molecule has 0 N–H and O–H groups in total. The maximum atomic E-state index is 5.62. The molecule has 0 radical (unpaired) electrons. The molecule has 2 nitrogen and oxygen atoms in total. The lowest BCUT2D eigenvalue weighted by atomic mass is 10.0. The van der Waals surface area contributed by atoms with E-state index < -0.39 is 0 Å². The van der Waals surface area contributed by atoms with Gasteiger partial charge in [-0.2, -0.15) is 0 Å². The number of nitrogens with zero attached hydrogens (tertiary/aromatic N) is 1. The van der Waals surface area contributed by atoms with E-state index in [1.54, 1.807) is 0 Å². The summed E-state index contributed by atoms with van der Waals surface area (Å²) >= 11 is 0. The number of hydrogen-bond acceptors (Lipinski definition) is 2. The number of hydrogen-bond donors (Lipinski definition) is 0. The second-order valence-corrected chi connectivity index (χ2v) is 3.47. The first-order chi connectivity index (χ1) is 4.71. The fourth-order valence-corrected chi connectivity index (χ4v) is 2.02. The van der Waals surface area contributed by atoms with Gasteiger partial charge in [0, 0.05) is 6.92 Å². The summed E-state index contributed by atoms with van der Waals surface area (Å²) in [5.74, 6) is 0.882. The molecular formula is C8H13NO. The summed E-state index contributed by atoms with van der Waals surface area (Å²) in [6.07, 6.45) is 3.67. The van der Waals surface area contributed by atoms with Crippen LogP contribution in [0.25, 0.3) is 0 Å². The molecule has 10 heavy (non-hydrogen) atoms. The van der Waals surface area contributed by atoms with Crippen LogP contribution in [-0.2, 0) is 4.74 Å². The quantitative estimate of drug-likeness (QED) is 0.501. The van der Waals surface area contributed by atoms with Crippen LogP contribution in [0, 0.1) is 0 Å². The Morgan fingerprint density at radius 2 is 2.50 bits per heavy atom. The lowest BCUT2D eigenvalue weighted by Crippen LogP contribution is -2.31. The number of ether oxygens (including phenoxy) is 1. The molecule has 0 saturated heterocycles. The molecule has 0 aromatic carbocycles. The summed E-state index contributed by atoms with van der Waals surface area (Å²) in [7, 11) is 0. The van der Waals surface area contributed by atoms with Crippen LogP contribution >= 0.6 is 0 Å². The standard InChI is InChI=1S/C8H13NO/c1-6-9-7-4-3-5-8(7,2)10-6/h7H,3-5H2,1-2H3. The van der Waals surface area contributed by atoms with Crippen molar-refractivity contribution in [3.05, 3.63) is 0 Å². The Labute approximate surface area is 61.3 Å². The van der Waals surface area contributed by atoms with E-state index in [0.29, 0.717) is 6.04 Å². The first kappa shape index (κ1) is 6.20. The van der Waals surface area contributed by atoms with Gasteiger partial charge >= 0.3 is 0 Å². The van der Waals surface area contributed by atoms with E-state index in [-0.39, 0.29) is 5.60 Å². The van der Waals surface area contributed by atoms with Crippen LogP contribution < -0.4 is 0 Å². The van der Waals surface area contributed by atoms with Gasteiger partial charge in [0.1, 0.15) is 5.60 Å². The highest BCUT2D eigenvalue weighted by Crippen LogP contribution is 2.39. The molecule has 2 unspecified atom stereocenters. The summed E-state index contributed by atoms with van der Waals surface area (Å²) in [4.78, 5) is 4.42. The molecule has 0 bridgehead atoms. The number of fused-ring (bicyclic) bond motifs is 1. The predicted octanol–water partition coefficient (Wildman–Crippen LogP) is 1.75. The Balaban J connectivity index is 2.24. The molecule has 2 rings (SSSR count). The average molecular weight is 139 g/mol. The summed E-state index contributed by atoms with van der Waals surface area (Å²) in [5, 5.41) is 0. The van der Waals surface area contributed by atoms with Gasteiger partial charge < -0.3 is 4.74 Å². The molecular weight excluding hydrogens is 126 g/mol. The maximum absolute atomic E-state index is 5.62. The van der Waals surface area contributed by atoms with Crippen molar-refractivity contribution in [3.63, 3.8) is 0 Å². The normalized spacial score (nSPS) is 44.6. The van der Waals surface area contributed by atoms with Crippen molar-refractivity contribution >= 4 is 5.90 Å². The highest BCUT2D eigenvalue weighted by molar-refractivity contribution is 5.76. The molecule has 0 aromatic heterocycles. The van der Waals surface area contributed by atoms with E-state index in [2.05, 4.69) is 11.9 Å². The van der Waals surface area contributed by atoms with E-state index in [0.717, 1.165) is 5.90 Å². The van der Waals surface area contributed by atoms with Crippen molar-refractivity contribution in [1.82, 2.24) is 0 Å². The molecule has 2 atom stereocenters. The molecule has 56 valence electrons. The van der Waals surface area contributed by atoms with Crippen molar-refractivity contribution in [2.45, 2.75) is 44.8 Å². The summed E-state index contributed by atoms with van der Waals surface area (Å²) in [6, 6.07) is 0.465. The van der Waals surface area contributed by atoms with Gasteiger partial charge in [-0.1, -0.05) is 0 Å². The van der Waals surface area contributed by atoms with Gasteiger partial charge in [-0.25, -0.2) is 4.99 Å².